The van der Waals surface area contributed by atoms with Crippen molar-refractivity contribution in [1.29, 1.82) is 0 Å². The molecule has 2 nitrogen and oxygen atoms in total. The third-order valence-corrected chi connectivity index (χ3v) is 4.47. The molecule has 0 radical (unpaired) electrons. The smallest absolute Gasteiger partial charge is 0.248 e. The second kappa shape index (κ2) is 7.82. The van der Waals surface area contributed by atoms with Gasteiger partial charge in [-0.2, -0.15) is 0 Å². The standard InChI is InChI=1S/C17H14BrCl2NO/c1-2-11-4-7-16(13(18)9-11)21-17(22)8-5-12-3-6-14(19)15(20)10-12/h3-10H,2H2,1H3,(H,21,22)/b8-5+. The van der Waals surface area contributed by atoms with Gasteiger partial charge in [0, 0.05) is 10.5 Å². The van der Waals surface area contributed by atoms with Crippen LogP contribution in [0.15, 0.2) is 46.9 Å². The molecule has 1 N–H and O–H groups in total. The predicted octanol–water partition coefficient (Wildman–Crippen LogP) is 5.97. The number of carbonyl (C=O) groups is 1. The number of anilines is 1. The highest BCUT2D eigenvalue weighted by molar-refractivity contribution is 9.10. The lowest BCUT2D eigenvalue weighted by atomic mass is 10.1. The number of halogens is 3. The van der Waals surface area contributed by atoms with E-state index in [4.69, 9.17) is 23.2 Å². The Morgan fingerprint density at radius 3 is 2.59 bits per heavy atom. The largest absolute Gasteiger partial charge is 0.321 e. The normalized spacial score (nSPS) is 10.9. The van der Waals surface area contributed by atoms with Crippen LogP contribution < -0.4 is 5.32 Å². The molecule has 0 saturated carbocycles. The molecule has 2 rings (SSSR count). The summed E-state index contributed by atoms with van der Waals surface area (Å²) < 4.78 is 0.864. The third kappa shape index (κ3) is 4.60. The Balaban J connectivity index is 2.06. The number of nitrogens with one attached hydrogen (secondary N) is 1. The van der Waals surface area contributed by atoms with Crippen molar-refractivity contribution in [1.82, 2.24) is 0 Å². The van der Waals surface area contributed by atoms with E-state index < -0.39 is 0 Å². The Labute approximate surface area is 148 Å². The summed E-state index contributed by atoms with van der Waals surface area (Å²) in [6, 6.07) is 11.1. The summed E-state index contributed by atoms with van der Waals surface area (Å²) in [5, 5.41) is 3.78. The number of benzene rings is 2. The molecule has 0 saturated heterocycles. The Morgan fingerprint density at radius 2 is 1.95 bits per heavy atom. The molecular weight excluding hydrogens is 385 g/mol. The van der Waals surface area contributed by atoms with E-state index >= 15 is 0 Å². The zero-order chi connectivity index (χ0) is 16.1. The van der Waals surface area contributed by atoms with Gasteiger partial charge in [0.2, 0.25) is 5.91 Å². The monoisotopic (exact) mass is 397 g/mol. The van der Waals surface area contributed by atoms with E-state index in [0.29, 0.717) is 10.0 Å². The van der Waals surface area contributed by atoms with E-state index in [1.165, 1.54) is 11.6 Å². The van der Waals surface area contributed by atoms with Gasteiger partial charge in [-0.3, -0.25) is 4.79 Å². The van der Waals surface area contributed by atoms with Crippen LogP contribution in [0.5, 0.6) is 0 Å². The van der Waals surface area contributed by atoms with Crippen LogP contribution in [0.3, 0.4) is 0 Å². The number of hydrogen-bond donors (Lipinski definition) is 1. The molecule has 5 heteroatoms. The van der Waals surface area contributed by atoms with Gasteiger partial charge < -0.3 is 5.32 Å². The lowest BCUT2D eigenvalue weighted by Gasteiger charge is -2.07. The van der Waals surface area contributed by atoms with Crippen molar-refractivity contribution in [2.45, 2.75) is 13.3 Å². The fourth-order valence-electron chi connectivity index (χ4n) is 1.84. The van der Waals surface area contributed by atoms with Crippen molar-refractivity contribution in [3.05, 3.63) is 68.1 Å². The van der Waals surface area contributed by atoms with Crippen LogP contribution >= 0.6 is 39.1 Å². The van der Waals surface area contributed by atoms with Crippen LogP contribution in [0.25, 0.3) is 6.08 Å². The molecule has 1 amide bonds. The van der Waals surface area contributed by atoms with E-state index in [0.717, 1.165) is 22.1 Å². The van der Waals surface area contributed by atoms with Crippen LogP contribution in [0, 0.1) is 0 Å². The number of amides is 1. The van der Waals surface area contributed by atoms with Crippen molar-refractivity contribution in [3.63, 3.8) is 0 Å². The summed E-state index contributed by atoms with van der Waals surface area (Å²) in [5.41, 5.74) is 2.75. The third-order valence-electron chi connectivity index (χ3n) is 3.07. The first-order valence-electron chi connectivity index (χ1n) is 6.72. The maximum absolute atomic E-state index is 12.0. The molecule has 0 atom stereocenters. The van der Waals surface area contributed by atoms with E-state index in [2.05, 4.69) is 28.2 Å². The molecule has 114 valence electrons. The second-order valence-electron chi connectivity index (χ2n) is 4.66. The molecule has 0 spiro atoms. The van der Waals surface area contributed by atoms with Crippen molar-refractivity contribution in [2.75, 3.05) is 5.32 Å². The highest BCUT2D eigenvalue weighted by Gasteiger charge is 2.04. The SMILES string of the molecule is CCc1ccc(NC(=O)/C=C/c2ccc(Cl)c(Cl)c2)c(Br)c1. The van der Waals surface area contributed by atoms with Gasteiger partial charge in [-0.05, 0) is 63.8 Å². The van der Waals surface area contributed by atoms with Crippen LogP contribution in [-0.2, 0) is 11.2 Å². The zero-order valence-electron chi connectivity index (χ0n) is 11.9. The summed E-state index contributed by atoms with van der Waals surface area (Å²) in [7, 11) is 0. The Bertz CT molecular complexity index is 729. The lowest BCUT2D eigenvalue weighted by molar-refractivity contribution is -0.111. The first-order valence-corrected chi connectivity index (χ1v) is 8.27. The maximum Gasteiger partial charge on any atom is 0.248 e. The van der Waals surface area contributed by atoms with Crippen LogP contribution in [0.4, 0.5) is 5.69 Å². The molecular formula is C17H14BrCl2NO. The first-order chi connectivity index (χ1) is 10.5. The van der Waals surface area contributed by atoms with E-state index in [1.54, 1.807) is 24.3 Å². The molecule has 0 fully saturated rings. The van der Waals surface area contributed by atoms with Gasteiger partial charge in [0.1, 0.15) is 0 Å². The van der Waals surface area contributed by atoms with Gasteiger partial charge in [0.25, 0.3) is 0 Å². The Morgan fingerprint density at radius 1 is 1.18 bits per heavy atom. The molecule has 0 aliphatic heterocycles. The van der Waals surface area contributed by atoms with Crippen molar-refractivity contribution < 1.29 is 4.79 Å². The lowest BCUT2D eigenvalue weighted by Crippen LogP contribution is -2.08. The topological polar surface area (TPSA) is 29.1 Å². The average Bonchev–Trinajstić information content (AvgIpc) is 2.50. The van der Waals surface area contributed by atoms with Gasteiger partial charge in [0.15, 0.2) is 0 Å². The summed E-state index contributed by atoms with van der Waals surface area (Å²) in [4.78, 5) is 12.0. The van der Waals surface area contributed by atoms with Gasteiger partial charge in [0.05, 0.1) is 15.7 Å². The number of rotatable bonds is 4. The van der Waals surface area contributed by atoms with E-state index in [1.807, 2.05) is 18.2 Å². The first kappa shape index (κ1) is 17.1. The number of carbonyl (C=O) groups excluding carboxylic acids is 1. The summed E-state index contributed by atoms with van der Waals surface area (Å²) in [6.07, 6.45) is 4.09. The summed E-state index contributed by atoms with van der Waals surface area (Å²) in [6.45, 7) is 2.08. The predicted molar refractivity (Wildman–Crippen MR) is 97.6 cm³/mol. The second-order valence-corrected chi connectivity index (χ2v) is 6.33. The highest BCUT2D eigenvalue weighted by Crippen LogP contribution is 2.25. The average molecular weight is 399 g/mol. The molecule has 2 aromatic carbocycles. The minimum absolute atomic E-state index is 0.212. The van der Waals surface area contributed by atoms with E-state index in [-0.39, 0.29) is 5.91 Å². The Hall–Kier alpha value is -1.29. The fourth-order valence-corrected chi connectivity index (χ4v) is 2.67. The van der Waals surface area contributed by atoms with Crippen LogP contribution in [0.1, 0.15) is 18.1 Å². The number of hydrogen-bond acceptors (Lipinski definition) is 1. The van der Waals surface area contributed by atoms with Gasteiger partial charge >= 0.3 is 0 Å². The van der Waals surface area contributed by atoms with Gasteiger partial charge in [-0.15, -0.1) is 0 Å². The van der Waals surface area contributed by atoms with Crippen molar-refractivity contribution in [2.24, 2.45) is 0 Å². The molecule has 0 aromatic heterocycles. The van der Waals surface area contributed by atoms with Crippen LogP contribution in [-0.4, -0.2) is 5.91 Å². The number of aryl methyl sites for hydroxylation is 1. The minimum atomic E-state index is -0.212. The Kier molecular flexibility index (Phi) is 6.07. The van der Waals surface area contributed by atoms with Crippen LogP contribution in [0.2, 0.25) is 10.0 Å². The van der Waals surface area contributed by atoms with Crippen molar-refractivity contribution in [3.8, 4) is 0 Å². The fraction of sp³-hybridized carbons (Fsp3) is 0.118. The van der Waals surface area contributed by atoms with Crippen molar-refractivity contribution >= 4 is 56.8 Å². The highest BCUT2D eigenvalue weighted by atomic mass is 79.9. The van der Waals surface area contributed by atoms with Gasteiger partial charge in [-0.25, -0.2) is 0 Å². The molecule has 0 bridgehead atoms. The molecule has 0 heterocycles. The maximum atomic E-state index is 12.0. The van der Waals surface area contributed by atoms with Gasteiger partial charge in [-0.1, -0.05) is 42.3 Å². The minimum Gasteiger partial charge on any atom is -0.321 e. The molecule has 0 unspecified atom stereocenters. The molecule has 22 heavy (non-hydrogen) atoms. The zero-order valence-corrected chi connectivity index (χ0v) is 15.0. The summed E-state index contributed by atoms with van der Waals surface area (Å²) in [5.74, 6) is -0.212. The molecule has 2 aromatic rings. The quantitative estimate of drug-likeness (QED) is 0.631. The molecule has 0 aliphatic carbocycles. The van der Waals surface area contributed by atoms with E-state index in [9.17, 15) is 4.79 Å². The summed E-state index contributed by atoms with van der Waals surface area (Å²) >= 11 is 15.2. The molecule has 0 aliphatic rings.